The Bertz CT molecular complexity index is 263. The summed E-state index contributed by atoms with van der Waals surface area (Å²) in [4.78, 5) is 0. The van der Waals surface area contributed by atoms with Gasteiger partial charge in [0.2, 0.25) is 0 Å². The zero-order valence-corrected chi connectivity index (χ0v) is 8.14. The Balaban J connectivity index is 2.72. The lowest BCUT2D eigenvalue weighted by Gasteiger charge is -2.02. The van der Waals surface area contributed by atoms with Crippen LogP contribution in [0.5, 0.6) is 0 Å². The number of halogens is 2. The van der Waals surface area contributed by atoms with E-state index in [-0.39, 0.29) is 12.4 Å². The molecule has 0 radical (unpaired) electrons. The molecule has 0 unspecified atom stereocenters. The number of rotatable bonds is 3. The van der Waals surface area contributed by atoms with Gasteiger partial charge in [0.05, 0.1) is 0 Å². The van der Waals surface area contributed by atoms with Crippen LogP contribution in [0, 0.1) is 5.82 Å². The molecule has 1 aromatic carbocycles. The second-order valence-corrected chi connectivity index (χ2v) is 3.42. The third-order valence-corrected chi connectivity index (χ3v) is 2.36. The van der Waals surface area contributed by atoms with Crippen molar-refractivity contribution in [3.05, 3.63) is 34.1 Å². The average molecular weight is 233 g/mol. The molecular weight excluding hydrogens is 223 g/mol. The summed E-state index contributed by atoms with van der Waals surface area (Å²) < 4.78 is 13.4. The smallest absolute Gasteiger partial charge is 0.124 e. The molecular formula is C9H10BrFO. The number of aliphatic hydroxyl groups excluding tert-OH is 1. The van der Waals surface area contributed by atoms with E-state index in [2.05, 4.69) is 15.9 Å². The van der Waals surface area contributed by atoms with Crippen LogP contribution in [0.3, 0.4) is 0 Å². The van der Waals surface area contributed by atoms with Crippen molar-refractivity contribution in [2.24, 2.45) is 0 Å². The largest absolute Gasteiger partial charge is 0.396 e. The highest BCUT2D eigenvalue weighted by molar-refractivity contribution is 9.10. The summed E-state index contributed by atoms with van der Waals surface area (Å²) in [5.41, 5.74) is 1.03. The van der Waals surface area contributed by atoms with Gasteiger partial charge >= 0.3 is 0 Å². The lowest BCUT2D eigenvalue weighted by molar-refractivity contribution is 0.288. The molecule has 0 atom stereocenters. The average Bonchev–Trinajstić information content (AvgIpc) is 2.03. The molecule has 0 amide bonds. The lowest BCUT2D eigenvalue weighted by Crippen LogP contribution is -1.91. The van der Waals surface area contributed by atoms with Gasteiger partial charge in [-0.25, -0.2) is 4.39 Å². The fourth-order valence-corrected chi connectivity index (χ4v) is 1.54. The van der Waals surface area contributed by atoms with E-state index in [0.29, 0.717) is 6.42 Å². The maximum absolute atomic E-state index is 12.6. The van der Waals surface area contributed by atoms with Crippen LogP contribution in [0.4, 0.5) is 4.39 Å². The molecule has 0 aromatic heterocycles. The first-order chi connectivity index (χ1) is 5.74. The van der Waals surface area contributed by atoms with E-state index in [1.54, 1.807) is 6.07 Å². The number of hydrogen-bond donors (Lipinski definition) is 1. The molecule has 1 aromatic rings. The molecule has 0 aliphatic heterocycles. The summed E-state index contributed by atoms with van der Waals surface area (Å²) in [7, 11) is 0. The van der Waals surface area contributed by atoms with Crippen molar-refractivity contribution in [2.75, 3.05) is 6.61 Å². The molecule has 0 bridgehead atoms. The molecule has 0 saturated heterocycles. The van der Waals surface area contributed by atoms with Crippen molar-refractivity contribution >= 4 is 15.9 Å². The van der Waals surface area contributed by atoms with Gasteiger partial charge in [0.25, 0.3) is 0 Å². The molecule has 3 heteroatoms. The second kappa shape index (κ2) is 4.58. The van der Waals surface area contributed by atoms with E-state index in [1.807, 2.05) is 0 Å². The van der Waals surface area contributed by atoms with E-state index < -0.39 is 0 Å². The van der Waals surface area contributed by atoms with Gasteiger partial charge in [0.15, 0.2) is 0 Å². The first-order valence-corrected chi connectivity index (χ1v) is 4.58. The van der Waals surface area contributed by atoms with Crippen LogP contribution in [0.15, 0.2) is 22.7 Å². The van der Waals surface area contributed by atoms with Gasteiger partial charge in [-0.05, 0) is 30.5 Å². The van der Waals surface area contributed by atoms with Gasteiger partial charge in [0, 0.05) is 11.1 Å². The monoisotopic (exact) mass is 232 g/mol. The first kappa shape index (κ1) is 9.68. The predicted molar refractivity (Wildman–Crippen MR) is 49.5 cm³/mol. The third-order valence-electron chi connectivity index (χ3n) is 1.62. The van der Waals surface area contributed by atoms with E-state index >= 15 is 0 Å². The molecule has 1 nitrogen and oxygen atoms in total. The molecule has 1 N–H and O–H groups in total. The second-order valence-electron chi connectivity index (χ2n) is 2.56. The van der Waals surface area contributed by atoms with Crippen LogP contribution in [0.2, 0.25) is 0 Å². The van der Waals surface area contributed by atoms with Crippen LogP contribution >= 0.6 is 15.9 Å². The summed E-state index contributed by atoms with van der Waals surface area (Å²) in [5, 5.41) is 8.58. The Labute approximate surface area is 79.4 Å². The van der Waals surface area contributed by atoms with Crippen molar-refractivity contribution in [3.8, 4) is 0 Å². The summed E-state index contributed by atoms with van der Waals surface area (Å²) in [6.45, 7) is 0.170. The number of benzene rings is 1. The third kappa shape index (κ3) is 2.57. The molecule has 0 heterocycles. The Morgan fingerprint density at radius 1 is 1.42 bits per heavy atom. The van der Waals surface area contributed by atoms with Gasteiger partial charge in [0.1, 0.15) is 5.82 Å². The minimum atomic E-state index is -0.241. The van der Waals surface area contributed by atoms with Gasteiger partial charge in [-0.15, -0.1) is 0 Å². The number of aliphatic hydroxyl groups is 1. The fraction of sp³-hybridized carbons (Fsp3) is 0.333. The van der Waals surface area contributed by atoms with Crippen molar-refractivity contribution in [3.63, 3.8) is 0 Å². The number of aryl methyl sites for hydroxylation is 1. The van der Waals surface area contributed by atoms with Crippen LogP contribution in [-0.2, 0) is 6.42 Å². The Kier molecular flexibility index (Phi) is 3.69. The molecule has 12 heavy (non-hydrogen) atoms. The van der Waals surface area contributed by atoms with E-state index in [4.69, 9.17) is 5.11 Å². The Morgan fingerprint density at radius 3 is 2.75 bits per heavy atom. The van der Waals surface area contributed by atoms with Gasteiger partial charge in [-0.3, -0.25) is 0 Å². The molecule has 0 spiro atoms. The highest BCUT2D eigenvalue weighted by Gasteiger charge is 2.00. The van der Waals surface area contributed by atoms with Crippen LogP contribution in [0.1, 0.15) is 12.0 Å². The summed E-state index contributed by atoms with van der Waals surface area (Å²) in [6, 6.07) is 4.60. The molecule has 0 aliphatic rings. The summed E-state index contributed by atoms with van der Waals surface area (Å²) >= 11 is 3.26. The molecule has 0 saturated carbocycles. The zero-order chi connectivity index (χ0) is 8.97. The van der Waals surface area contributed by atoms with E-state index in [0.717, 1.165) is 16.5 Å². The molecule has 66 valence electrons. The minimum absolute atomic E-state index is 0.170. The highest BCUT2D eigenvalue weighted by Crippen LogP contribution is 2.19. The van der Waals surface area contributed by atoms with Gasteiger partial charge < -0.3 is 5.11 Å². The van der Waals surface area contributed by atoms with Crippen LogP contribution < -0.4 is 0 Å². The predicted octanol–water partition coefficient (Wildman–Crippen LogP) is 2.51. The van der Waals surface area contributed by atoms with Crippen LogP contribution in [-0.4, -0.2) is 11.7 Å². The quantitative estimate of drug-likeness (QED) is 0.850. The lowest BCUT2D eigenvalue weighted by atomic mass is 10.1. The standard InChI is InChI=1S/C9H10BrFO/c10-9-6-8(11)4-3-7(9)2-1-5-12/h3-4,6,12H,1-2,5H2. The fourth-order valence-electron chi connectivity index (χ4n) is 0.994. The normalized spacial score (nSPS) is 10.2. The molecule has 0 fully saturated rings. The van der Waals surface area contributed by atoms with Crippen LogP contribution in [0.25, 0.3) is 0 Å². The van der Waals surface area contributed by atoms with Crippen molar-refractivity contribution in [2.45, 2.75) is 12.8 Å². The van der Waals surface area contributed by atoms with Crippen molar-refractivity contribution < 1.29 is 9.50 Å². The maximum Gasteiger partial charge on any atom is 0.124 e. The van der Waals surface area contributed by atoms with E-state index in [9.17, 15) is 4.39 Å². The summed E-state index contributed by atoms with van der Waals surface area (Å²) in [6.07, 6.45) is 1.49. The SMILES string of the molecule is OCCCc1ccc(F)cc1Br. The minimum Gasteiger partial charge on any atom is -0.396 e. The van der Waals surface area contributed by atoms with Gasteiger partial charge in [-0.1, -0.05) is 22.0 Å². The zero-order valence-electron chi connectivity index (χ0n) is 6.56. The topological polar surface area (TPSA) is 20.2 Å². The van der Waals surface area contributed by atoms with Crippen molar-refractivity contribution in [1.82, 2.24) is 0 Å². The van der Waals surface area contributed by atoms with E-state index in [1.165, 1.54) is 12.1 Å². The number of hydrogen-bond acceptors (Lipinski definition) is 1. The molecule has 0 aliphatic carbocycles. The first-order valence-electron chi connectivity index (χ1n) is 3.79. The Hall–Kier alpha value is -0.410. The Morgan fingerprint density at radius 2 is 2.17 bits per heavy atom. The maximum atomic E-state index is 12.6. The van der Waals surface area contributed by atoms with Crippen molar-refractivity contribution in [1.29, 1.82) is 0 Å². The highest BCUT2D eigenvalue weighted by atomic mass is 79.9. The van der Waals surface area contributed by atoms with Gasteiger partial charge in [-0.2, -0.15) is 0 Å². The summed E-state index contributed by atoms with van der Waals surface area (Å²) in [5.74, 6) is -0.241. The molecule has 1 rings (SSSR count).